The van der Waals surface area contributed by atoms with Crippen LogP contribution in [0.3, 0.4) is 0 Å². The van der Waals surface area contributed by atoms with E-state index in [1.807, 2.05) is 30.0 Å². The molecule has 2 heterocycles. The minimum absolute atomic E-state index is 0.0598. The van der Waals surface area contributed by atoms with Gasteiger partial charge in [0.05, 0.1) is 19.1 Å². The molecule has 98 valence electrons. The number of aromatic nitrogens is 1. The summed E-state index contributed by atoms with van der Waals surface area (Å²) in [5.74, 6) is 0.0858. The zero-order chi connectivity index (χ0) is 13.0. The molecule has 1 fully saturated rings. The lowest BCUT2D eigenvalue weighted by atomic mass is 10.1. The Labute approximate surface area is 107 Å². The van der Waals surface area contributed by atoms with Crippen LogP contribution in [-0.2, 0) is 16.0 Å². The van der Waals surface area contributed by atoms with Gasteiger partial charge in [0.25, 0.3) is 0 Å². The number of nitrogens with zero attached hydrogens (tertiary/aromatic N) is 2. The lowest BCUT2D eigenvalue weighted by Crippen LogP contribution is -2.51. The van der Waals surface area contributed by atoms with Crippen LogP contribution in [0.1, 0.15) is 12.6 Å². The summed E-state index contributed by atoms with van der Waals surface area (Å²) in [6.45, 7) is 3.66. The van der Waals surface area contributed by atoms with Crippen molar-refractivity contribution in [2.45, 2.75) is 25.5 Å². The maximum atomic E-state index is 12.1. The SMILES string of the molecule is CC(N)C1CN(C(=O)Cc2ccccn2)CCO1. The van der Waals surface area contributed by atoms with Crippen LogP contribution in [0.25, 0.3) is 0 Å². The standard InChI is InChI=1S/C13H19N3O2/c1-10(14)12-9-16(6-7-18-12)13(17)8-11-4-2-3-5-15-11/h2-5,10,12H,6-9,14H2,1H3. The van der Waals surface area contributed by atoms with Gasteiger partial charge in [-0.3, -0.25) is 9.78 Å². The fraction of sp³-hybridized carbons (Fsp3) is 0.538. The number of amides is 1. The predicted molar refractivity (Wildman–Crippen MR) is 67.9 cm³/mol. The second-order valence-electron chi connectivity index (χ2n) is 4.61. The van der Waals surface area contributed by atoms with E-state index in [1.54, 1.807) is 6.20 Å². The van der Waals surface area contributed by atoms with Crippen molar-refractivity contribution in [1.29, 1.82) is 0 Å². The number of hydrogen-bond donors (Lipinski definition) is 1. The number of pyridine rings is 1. The molecule has 5 heteroatoms. The molecule has 1 aromatic rings. The molecular weight excluding hydrogens is 230 g/mol. The van der Waals surface area contributed by atoms with Gasteiger partial charge in [0, 0.05) is 31.0 Å². The van der Waals surface area contributed by atoms with Crippen LogP contribution in [0.15, 0.2) is 24.4 Å². The largest absolute Gasteiger partial charge is 0.373 e. The van der Waals surface area contributed by atoms with Gasteiger partial charge >= 0.3 is 0 Å². The van der Waals surface area contributed by atoms with Crippen molar-refractivity contribution < 1.29 is 9.53 Å². The topological polar surface area (TPSA) is 68.5 Å². The van der Waals surface area contributed by atoms with Crippen LogP contribution in [0, 0.1) is 0 Å². The number of nitrogens with two attached hydrogens (primary N) is 1. The van der Waals surface area contributed by atoms with E-state index in [1.165, 1.54) is 0 Å². The average molecular weight is 249 g/mol. The zero-order valence-corrected chi connectivity index (χ0v) is 10.6. The first-order valence-electron chi connectivity index (χ1n) is 6.21. The van der Waals surface area contributed by atoms with Crippen molar-refractivity contribution in [1.82, 2.24) is 9.88 Å². The van der Waals surface area contributed by atoms with E-state index < -0.39 is 0 Å². The fourth-order valence-corrected chi connectivity index (χ4v) is 1.99. The summed E-state index contributed by atoms with van der Waals surface area (Å²) in [6.07, 6.45) is 1.98. The lowest BCUT2D eigenvalue weighted by molar-refractivity contribution is -0.138. The minimum Gasteiger partial charge on any atom is -0.373 e. The number of carbonyl (C=O) groups excluding carboxylic acids is 1. The van der Waals surface area contributed by atoms with Crippen LogP contribution >= 0.6 is 0 Å². The summed E-state index contributed by atoms with van der Waals surface area (Å²) < 4.78 is 5.54. The predicted octanol–water partition coefficient (Wildman–Crippen LogP) is 0.199. The zero-order valence-electron chi connectivity index (χ0n) is 10.6. The third-order valence-corrected chi connectivity index (χ3v) is 3.09. The molecular formula is C13H19N3O2. The second-order valence-corrected chi connectivity index (χ2v) is 4.61. The van der Waals surface area contributed by atoms with Crippen molar-refractivity contribution in [3.05, 3.63) is 30.1 Å². The molecule has 5 nitrogen and oxygen atoms in total. The molecule has 2 rings (SSSR count). The molecule has 2 atom stereocenters. The highest BCUT2D eigenvalue weighted by Crippen LogP contribution is 2.09. The van der Waals surface area contributed by atoms with Gasteiger partial charge < -0.3 is 15.4 Å². The maximum absolute atomic E-state index is 12.1. The Hall–Kier alpha value is -1.46. The van der Waals surface area contributed by atoms with Gasteiger partial charge in [0.15, 0.2) is 0 Å². The molecule has 0 spiro atoms. The maximum Gasteiger partial charge on any atom is 0.228 e. The molecule has 1 amide bonds. The van der Waals surface area contributed by atoms with E-state index in [-0.39, 0.29) is 18.1 Å². The molecule has 0 bridgehead atoms. The molecule has 0 saturated carbocycles. The monoisotopic (exact) mass is 249 g/mol. The first-order chi connectivity index (χ1) is 8.66. The summed E-state index contributed by atoms with van der Waals surface area (Å²) in [5, 5.41) is 0. The van der Waals surface area contributed by atoms with Crippen LogP contribution in [0.5, 0.6) is 0 Å². The Morgan fingerprint density at radius 2 is 2.50 bits per heavy atom. The van der Waals surface area contributed by atoms with E-state index in [4.69, 9.17) is 10.5 Å². The summed E-state index contributed by atoms with van der Waals surface area (Å²) in [4.78, 5) is 18.1. The average Bonchev–Trinajstić information content (AvgIpc) is 2.40. The Morgan fingerprint density at radius 3 is 3.17 bits per heavy atom. The second kappa shape index (κ2) is 5.93. The first kappa shape index (κ1) is 13.0. The third-order valence-electron chi connectivity index (χ3n) is 3.09. The van der Waals surface area contributed by atoms with Gasteiger partial charge in [-0.2, -0.15) is 0 Å². The molecule has 0 aromatic carbocycles. The van der Waals surface area contributed by atoms with Crippen molar-refractivity contribution in [2.24, 2.45) is 5.73 Å². The summed E-state index contributed by atoms with van der Waals surface area (Å²) in [6, 6.07) is 5.53. The smallest absolute Gasteiger partial charge is 0.228 e. The van der Waals surface area contributed by atoms with Crippen molar-refractivity contribution >= 4 is 5.91 Å². The van der Waals surface area contributed by atoms with Gasteiger partial charge in [-0.1, -0.05) is 6.07 Å². The summed E-state index contributed by atoms with van der Waals surface area (Å²) >= 11 is 0. The lowest BCUT2D eigenvalue weighted by Gasteiger charge is -2.34. The molecule has 2 N–H and O–H groups in total. The van der Waals surface area contributed by atoms with Crippen molar-refractivity contribution in [3.8, 4) is 0 Å². The highest BCUT2D eigenvalue weighted by atomic mass is 16.5. The Kier molecular flexibility index (Phi) is 4.28. The molecule has 0 radical (unpaired) electrons. The van der Waals surface area contributed by atoms with Crippen LogP contribution < -0.4 is 5.73 Å². The van der Waals surface area contributed by atoms with Gasteiger partial charge in [0.1, 0.15) is 0 Å². The Morgan fingerprint density at radius 1 is 1.67 bits per heavy atom. The van der Waals surface area contributed by atoms with Gasteiger partial charge in [-0.25, -0.2) is 0 Å². The van der Waals surface area contributed by atoms with Crippen LogP contribution in [0.2, 0.25) is 0 Å². The molecule has 18 heavy (non-hydrogen) atoms. The molecule has 1 saturated heterocycles. The highest BCUT2D eigenvalue weighted by Gasteiger charge is 2.26. The van der Waals surface area contributed by atoms with Crippen molar-refractivity contribution in [2.75, 3.05) is 19.7 Å². The summed E-state index contributed by atoms with van der Waals surface area (Å²) in [7, 11) is 0. The molecule has 1 aromatic heterocycles. The van der Waals surface area contributed by atoms with Crippen LogP contribution in [-0.4, -0.2) is 47.6 Å². The molecule has 2 unspecified atom stereocenters. The number of carbonyl (C=O) groups is 1. The quantitative estimate of drug-likeness (QED) is 0.831. The fourth-order valence-electron chi connectivity index (χ4n) is 1.99. The van der Waals surface area contributed by atoms with E-state index in [9.17, 15) is 4.79 Å². The highest BCUT2D eigenvalue weighted by molar-refractivity contribution is 5.78. The van der Waals surface area contributed by atoms with Crippen molar-refractivity contribution in [3.63, 3.8) is 0 Å². The van der Waals surface area contributed by atoms with E-state index >= 15 is 0 Å². The molecule has 1 aliphatic heterocycles. The minimum atomic E-state index is -0.0635. The van der Waals surface area contributed by atoms with Gasteiger partial charge in [-0.05, 0) is 19.1 Å². The van der Waals surface area contributed by atoms with E-state index in [2.05, 4.69) is 4.98 Å². The summed E-state index contributed by atoms with van der Waals surface area (Å²) in [5.41, 5.74) is 6.60. The van der Waals surface area contributed by atoms with Crippen LogP contribution in [0.4, 0.5) is 0 Å². The molecule has 1 aliphatic rings. The van der Waals surface area contributed by atoms with Gasteiger partial charge in [-0.15, -0.1) is 0 Å². The molecule has 0 aliphatic carbocycles. The number of morpholine rings is 1. The number of rotatable bonds is 3. The third kappa shape index (κ3) is 3.27. The van der Waals surface area contributed by atoms with E-state index in [0.717, 1.165) is 5.69 Å². The Bertz CT molecular complexity index is 394. The van der Waals surface area contributed by atoms with Gasteiger partial charge in [0.2, 0.25) is 5.91 Å². The van der Waals surface area contributed by atoms with E-state index in [0.29, 0.717) is 26.1 Å². The Balaban J connectivity index is 1.93. The number of hydrogen-bond acceptors (Lipinski definition) is 4. The number of ether oxygens (including phenoxy) is 1. The first-order valence-corrected chi connectivity index (χ1v) is 6.21. The normalized spacial score (nSPS) is 21.7.